The third kappa shape index (κ3) is 1.88. The van der Waals surface area contributed by atoms with E-state index in [0.717, 1.165) is 5.69 Å². The predicted molar refractivity (Wildman–Crippen MR) is 63.4 cm³/mol. The molecule has 2 aromatic heterocycles. The molecule has 2 rings (SSSR count). The van der Waals surface area contributed by atoms with Gasteiger partial charge in [-0.15, -0.1) is 0 Å². The SMILES string of the molecule is Cc1cc2ncc(C(C)(C)C)c(C(=O)O)n2n1. The van der Waals surface area contributed by atoms with Crippen molar-refractivity contribution in [2.45, 2.75) is 33.1 Å². The van der Waals surface area contributed by atoms with Crippen LogP contribution in [0.3, 0.4) is 0 Å². The molecule has 0 saturated heterocycles. The Kier molecular flexibility index (Phi) is 2.41. The minimum atomic E-state index is -0.981. The van der Waals surface area contributed by atoms with E-state index in [4.69, 9.17) is 0 Å². The Morgan fingerprint density at radius 2 is 2.06 bits per heavy atom. The molecule has 2 aromatic rings. The van der Waals surface area contributed by atoms with Gasteiger partial charge >= 0.3 is 5.97 Å². The number of carbonyl (C=O) groups is 1. The molecule has 0 aliphatic rings. The number of carboxylic acids is 1. The third-order valence-corrected chi connectivity index (χ3v) is 2.62. The van der Waals surface area contributed by atoms with Gasteiger partial charge in [-0.25, -0.2) is 14.3 Å². The summed E-state index contributed by atoms with van der Waals surface area (Å²) in [5.41, 5.74) is 1.91. The van der Waals surface area contributed by atoms with Gasteiger partial charge < -0.3 is 5.11 Å². The molecule has 0 atom stereocenters. The molecule has 0 spiro atoms. The van der Waals surface area contributed by atoms with Gasteiger partial charge in [0.15, 0.2) is 11.3 Å². The molecule has 0 saturated carbocycles. The average Bonchev–Trinajstić information content (AvgIpc) is 2.53. The second kappa shape index (κ2) is 3.55. The fourth-order valence-corrected chi connectivity index (χ4v) is 1.80. The number of rotatable bonds is 1. The molecule has 0 amide bonds. The van der Waals surface area contributed by atoms with E-state index in [1.807, 2.05) is 27.7 Å². The minimum Gasteiger partial charge on any atom is -0.476 e. The maximum absolute atomic E-state index is 11.4. The average molecular weight is 233 g/mol. The van der Waals surface area contributed by atoms with Crippen LogP contribution in [0.15, 0.2) is 12.3 Å². The van der Waals surface area contributed by atoms with Crippen molar-refractivity contribution in [3.63, 3.8) is 0 Å². The van der Waals surface area contributed by atoms with E-state index in [1.54, 1.807) is 12.3 Å². The number of carboxylic acid groups (broad SMARTS) is 1. The second-order valence-electron chi connectivity index (χ2n) is 5.13. The molecule has 0 fully saturated rings. The van der Waals surface area contributed by atoms with E-state index in [9.17, 15) is 9.90 Å². The van der Waals surface area contributed by atoms with Crippen molar-refractivity contribution in [1.29, 1.82) is 0 Å². The van der Waals surface area contributed by atoms with Crippen molar-refractivity contribution in [3.05, 3.63) is 29.2 Å². The Balaban J connectivity index is 2.86. The molecule has 0 unspecified atom stereocenters. The van der Waals surface area contributed by atoms with Crippen molar-refractivity contribution in [3.8, 4) is 0 Å². The van der Waals surface area contributed by atoms with Crippen LogP contribution in [0.5, 0.6) is 0 Å². The standard InChI is InChI=1S/C12H15N3O2/c1-7-5-9-13-6-8(12(2,3)4)10(11(16)17)15(9)14-7/h5-6H,1-4H3,(H,16,17). The lowest BCUT2D eigenvalue weighted by Crippen LogP contribution is -2.21. The predicted octanol–water partition coefficient (Wildman–Crippen LogP) is 2.03. The molecule has 0 bridgehead atoms. The van der Waals surface area contributed by atoms with Crippen LogP contribution in [-0.4, -0.2) is 25.7 Å². The van der Waals surface area contributed by atoms with Crippen LogP contribution in [-0.2, 0) is 5.41 Å². The van der Waals surface area contributed by atoms with E-state index >= 15 is 0 Å². The van der Waals surface area contributed by atoms with E-state index in [-0.39, 0.29) is 11.1 Å². The molecular formula is C12H15N3O2. The Morgan fingerprint density at radius 1 is 1.41 bits per heavy atom. The summed E-state index contributed by atoms with van der Waals surface area (Å²) >= 11 is 0. The van der Waals surface area contributed by atoms with E-state index < -0.39 is 5.97 Å². The molecule has 5 nitrogen and oxygen atoms in total. The lowest BCUT2D eigenvalue weighted by atomic mass is 9.87. The lowest BCUT2D eigenvalue weighted by molar-refractivity contribution is 0.0684. The zero-order valence-corrected chi connectivity index (χ0v) is 10.4. The van der Waals surface area contributed by atoms with Gasteiger partial charge in [0, 0.05) is 17.8 Å². The second-order valence-corrected chi connectivity index (χ2v) is 5.13. The van der Waals surface area contributed by atoms with Crippen molar-refractivity contribution in [2.75, 3.05) is 0 Å². The molecule has 1 N–H and O–H groups in total. The van der Waals surface area contributed by atoms with E-state index in [1.165, 1.54) is 4.52 Å². The number of aryl methyl sites for hydroxylation is 1. The normalized spacial score (nSPS) is 12.0. The summed E-state index contributed by atoms with van der Waals surface area (Å²) in [4.78, 5) is 15.7. The fourth-order valence-electron chi connectivity index (χ4n) is 1.80. The molecule has 90 valence electrons. The summed E-state index contributed by atoms with van der Waals surface area (Å²) in [6.45, 7) is 7.69. The largest absolute Gasteiger partial charge is 0.476 e. The van der Waals surface area contributed by atoms with Crippen molar-refractivity contribution in [2.24, 2.45) is 0 Å². The molecule has 0 aromatic carbocycles. The van der Waals surface area contributed by atoms with Crippen LogP contribution < -0.4 is 0 Å². The third-order valence-electron chi connectivity index (χ3n) is 2.62. The Morgan fingerprint density at radius 3 is 2.59 bits per heavy atom. The maximum atomic E-state index is 11.4. The van der Waals surface area contributed by atoms with Crippen LogP contribution >= 0.6 is 0 Å². The first-order valence-corrected chi connectivity index (χ1v) is 5.40. The summed E-state index contributed by atoms with van der Waals surface area (Å²) in [5.74, 6) is -0.981. The number of hydrogen-bond donors (Lipinski definition) is 1. The first kappa shape index (κ1) is 11.6. The molecule has 17 heavy (non-hydrogen) atoms. The quantitative estimate of drug-likeness (QED) is 0.818. The van der Waals surface area contributed by atoms with Gasteiger partial charge in [-0.05, 0) is 12.3 Å². The summed E-state index contributed by atoms with van der Waals surface area (Å²) in [6, 6.07) is 1.76. The van der Waals surface area contributed by atoms with Gasteiger partial charge in [-0.2, -0.15) is 5.10 Å². The van der Waals surface area contributed by atoms with Gasteiger partial charge in [0.2, 0.25) is 0 Å². The summed E-state index contributed by atoms with van der Waals surface area (Å²) < 4.78 is 1.40. The lowest BCUT2D eigenvalue weighted by Gasteiger charge is -2.20. The van der Waals surface area contributed by atoms with Crippen LogP contribution in [0.25, 0.3) is 5.65 Å². The summed E-state index contributed by atoms with van der Waals surface area (Å²) in [6.07, 6.45) is 1.62. The van der Waals surface area contributed by atoms with Crippen molar-refractivity contribution >= 4 is 11.6 Å². The highest BCUT2D eigenvalue weighted by Crippen LogP contribution is 2.25. The topological polar surface area (TPSA) is 67.5 Å². The van der Waals surface area contributed by atoms with Gasteiger partial charge in [0.25, 0.3) is 0 Å². The molecular weight excluding hydrogens is 218 g/mol. The fraction of sp³-hybridized carbons (Fsp3) is 0.417. The van der Waals surface area contributed by atoms with Gasteiger partial charge in [0.05, 0.1) is 5.69 Å². The van der Waals surface area contributed by atoms with Gasteiger partial charge in [-0.3, -0.25) is 0 Å². The van der Waals surface area contributed by atoms with Gasteiger partial charge in [-0.1, -0.05) is 20.8 Å². The Hall–Kier alpha value is -1.91. The Bertz CT molecular complexity index is 594. The summed E-state index contributed by atoms with van der Waals surface area (Å²) in [7, 11) is 0. The van der Waals surface area contributed by atoms with E-state index in [2.05, 4.69) is 10.1 Å². The monoisotopic (exact) mass is 233 g/mol. The van der Waals surface area contributed by atoms with E-state index in [0.29, 0.717) is 11.2 Å². The maximum Gasteiger partial charge on any atom is 0.355 e. The molecule has 0 aliphatic carbocycles. The number of aromatic carboxylic acids is 1. The molecule has 2 heterocycles. The number of nitrogens with zero attached hydrogens (tertiary/aromatic N) is 3. The van der Waals surface area contributed by atoms with Crippen molar-refractivity contribution in [1.82, 2.24) is 14.6 Å². The Labute approximate surface area is 99.1 Å². The number of aromatic nitrogens is 3. The molecule has 0 radical (unpaired) electrons. The van der Waals surface area contributed by atoms with Crippen LogP contribution in [0.1, 0.15) is 42.5 Å². The number of fused-ring (bicyclic) bond motifs is 1. The molecule has 5 heteroatoms. The van der Waals surface area contributed by atoms with Crippen molar-refractivity contribution < 1.29 is 9.90 Å². The van der Waals surface area contributed by atoms with Crippen LogP contribution in [0.2, 0.25) is 0 Å². The van der Waals surface area contributed by atoms with Gasteiger partial charge in [0.1, 0.15) is 0 Å². The highest BCUT2D eigenvalue weighted by molar-refractivity contribution is 5.88. The highest BCUT2D eigenvalue weighted by Gasteiger charge is 2.25. The summed E-state index contributed by atoms with van der Waals surface area (Å²) in [5, 5.41) is 13.5. The van der Waals surface area contributed by atoms with Crippen LogP contribution in [0, 0.1) is 6.92 Å². The molecule has 0 aliphatic heterocycles. The first-order valence-electron chi connectivity index (χ1n) is 5.40. The zero-order chi connectivity index (χ0) is 12.8. The highest BCUT2D eigenvalue weighted by atomic mass is 16.4. The minimum absolute atomic E-state index is 0.190. The smallest absolute Gasteiger partial charge is 0.355 e. The number of hydrogen-bond acceptors (Lipinski definition) is 3. The van der Waals surface area contributed by atoms with Crippen LogP contribution in [0.4, 0.5) is 0 Å². The zero-order valence-electron chi connectivity index (χ0n) is 10.4. The first-order chi connectivity index (χ1) is 7.80.